The lowest BCUT2D eigenvalue weighted by atomic mass is 9.64. The van der Waals surface area contributed by atoms with Gasteiger partial charge in [0, 0.05) is 30.6 Å². The van der Waals surface area contributed by atoms with Gasteiger partial charge in [-0.15, -0.1) is 0 Å². The zero-order chi connectivity index (χ0) is 16.4. The molecular weight excluding hydrogens is 303 g/mol. The molecule has 4 rings (SSSR count). The van der Waals surface area contributed by atoms with Crippen molar-refractivity contribution in [3.63, 3.8) is 0 Å². The summed E-state index contributed by atoms with van der Waals surface area (Å²) in [5.41, 5.74) is 1.52. The topological polar surface area (TPSA) is 33.3 Å². The van der Waals surface area contributed by atoms with E-state index in [2.05, 4.69) is 10.6 Å². The molecule has 2 N–H and O–H groups in total. The molecule has 0 amide bonds. The number of hydrogen-bond acceptors (Lipinski definition) is 3. The average molecular weight is 332 g/mol. The highest BCUT2D eigenvalue weighted by Crippen LogP contribution is 2.43. The maximum absolute atomic E-state index is 13.3. The van der Waals surface area contributed by atoms with Crippen molar-refractivity contribution in [1.82, 2.24) is 10.6 Å². The van der Waals surface area contributed by atoms with Crippen molar-refractivity contribution >= 4 is 0 Å². The third-order valence-corrected chi connectivity index (χ3v) is 6.51. The highest BCUT2D eigenvalue weighted by atomic mass is 19.1. The fourth-order valence-corrected chi connectivity index (χ4v) is 4.89. The Morgan fingerprint density at radius 1 is 1.17 bits per heavy atom. The minimum absolute atomic E-state index is 0.139. The molecule has 3 atom stereocenters. The maximum Gasteiger partial charge on any atom is 0.123 e. The van der Waals surface area contributed by atoms with Crippen LogP contribution < -0.4 is 10.6 Å². The van der Waals surface area contributed by atoms with Crippen LogP contribution in [0.25, 0.3) is 0 Å². The second kappa shape index (κ2) is 7.11. The number of benzene rings is 1. The smallest absolute Gasteiger partial charge is 0.123 e. The summed E-state index contributed by atoms with van der Waals surface area (Å²) in [6.45, 7) is 3.70. The van der Waals surface area contributed by atoms with Crippen LogP contribution in [-0.4, -0.2) is 38.4 Å². The molecule has 1 aliphatic heterocycles. The Labute approximate surface area is 144 Å². The summed E-state index contributed by atoms with van der Waals surface area (Å²) >= 11 is 0. The Balaban J connectivity index is 1.40. The summed E-state index contributed by atoms with van der Waals surface area (Å²) in [5.74, 6) is 0.538. The van der Waals surface area contributed by atoms with Crippen LogP contribution in [0.4, 0.5) is 4.39 Å². The molecule has 1 saturated heterocycles. The van der Waals surface area contributed by atoms with Crippen molar-refractivity contribution < 1.29 is 9.13 Å². The molecule has 3 aliphatic rings. The minimum Gasteiger partial charge on any atom is -0.379 e. The van der Waals surface area contributed by atoms with E-state index in [1.54, 1.807) is 12.1 Å². The van der Waals surface area contributed by atoms with Crippen LogP contribution in [0.2, 0.25) is 0 Å². The van der Waals surface area contributed by atoms with E-state index in [-0.39, 0.29) is 11.2 Å². The number of morpholine rings is 1. The van der Waals surface area contributed by atoms with Crippen LogP contribution in [0.3, 0.4) is 0 Å². The zero-order valence-electron chi connectivity index (χ0n) is 14.4. The van der Waals surface area contributed by atoms with Gasteiger partial charge in [0.2, 0.25) is 0 Å². The Bertz CT molecular complexity index is 537. The van der Waals surface area contributed by atoms with Crippen LogP contribution in [0.5, 0.6) is 0 Å². The van der Waals surface area contributed by atoms with Gasteiger partial charge in [0.25, 0.3) is 0 Å². The van der Waals surface area contributed by atoms with Gasteiger partial charge in [-0.25, -0.2) is 4.39 Å². The number of ether oxygens (including phenoxy) is 1. The highest BCUT2D eigenvalue weighted by molar-refractivity contribution is 5.29. The van der Waals surface area contributed by atoms with Gasteiger partial charge in [0.05, 0.1) is 13.2 Å². The van der Waals surface area contributed by atoms with Crippen molar-refractivity contribution in [3.8, 4) is 0 Å². The lowest BCUT2D eigenvalue weighted by Crippen LogP contribution is -2.53. The average Bonchev–Trinajstić information content (AvgIpc) is 3.05. The quantitative estimate of drug-likeness (QED) is 0.870. The first-order valence-corrected chi connectivity index (χ1v) is 9.57. The maximum atomic E-state index is 13.3. The van der Waals surface area contributed by atoms with Gasteiger partial charge in [-0.1, -0.05) is 25.0 Å². The van der Waals surface area contributed by atoms with E-state index >= 15 is 0 Å². The molecule has 0 aromatic heterocycles. The normalized spacial score (nSPS) is 32.5. The molecule has 0 bridgehead atoms. The molecule has 0 radical (unpaired) electrons. The first-order valence-electron chi connectivity index (χ1n) is 9.57. The number of nitrogens with one attached hydrogen (secondary N) is 2. The van der Waals surface area contributed by atoms with Crippen LogP contribution in [0.15, 0.2) is 24.3 Å². The summed E-state index contributed by atoms with van der Waals surface area (Å²) in [6.07, 6.45) is 7.58. The van der Waals surface area contributed by atoms with E-state index in [1.165, 1.54) is 44.1 Å². The summed E-state index contributed by atoms with van der Waals surface area (Å²) < 4.78 is 18.9. The van der Waals surface area contributed by atoms with Crippen LogP contribution in [0, 0.1) is 11.7 Å². The molecule has 1 heterocycles. The predicted molar refractivity (Wildman–Crippen MR) is 93.7 cm³/mol. The van der Waals surface area contributed by atoms with Crippen LogP contribution >= 0.6 is 0 Å². The first kappa shape index (κ1) is 16.5. The molecule has 1 aromatic rings. The van der Waals surface area contributed by atoms with E-state index in [4.69, 9.17) is 4.74 Å². The third kappa shape index (κ3) is 3.24. The molecule has 2 aliphatic carbocycles. The van der Waals surface area contributed by atoms with E-state index in [9.17, 15) is 4.39 Å². The summed E-state index contributed by atoms with van der Waals surface area (Å²) in [6, 6.07) is 8.27. The summed E-state index contributed by atoms with van der Waals surface area (Å²) in [7, 11) is 0. The highest BCUT2D eigenvalue weighted by Gasteiger charge is 2.41. The van der Waals surface area contributed by atoms with Crippen molar-refractivity contribution in [1.29, 1.82) is 0 Å². The number of halogens is 1. The molecule has 3 unspecified atom stereocenters. The second-order valence-electron chi connectivity index (χ2n) is 7.86. The molecule has 0 spiro atoms. The molecule has 3 nitrogen and oxygen atoms in total. The summed E-state index contributed by atoms with van der Waals surface area (Å²) in [4.78, 5) is 0. The van der Waals surface area contributed by atoms with Crippen molar-refractivity contribution in [3.05, 3.63) is 35.6 Å². The van der Waals surface area contributed by atoms with E-state index in [1.807, 2.05) is 12.1 Å². The molecule has 24 heavy (non-hydrogen) atoms. The monoisotopic (exact) mass is 332 g/mol. The van der Waals surface area contributed by atoms with Gasteiger partial charge in [-0.2, -0.15) is 0 Å². The zero-order valence-corrected chi connectivity index (χ0v) is 14.4. The standard InChI is InChI=1S/C20H29FN2O/c21-16-7-5-15(6-8-16)20(9-2-10-20)14-23-18-4-1-3-17(18)19-13-24-12-11-22-19/h5-8,17-19,22-23H,1-4,9-14H2. The van der Waals surface area contributed by atoms with Gasteiger partial charge >= 0.3 is 0 Å². The van der Waals surface area contributed by atoms with Crippen molar-refractivity contribution in [2.75, 3.05) is 26.3 Å². The molecular formula is C20H29FN2O. The van der Waals surface area contributed by atoms with Crippen LogP contribution in [0.1, 0.15) is 44.1 Å². The Kier molecular flexibility index (Phi) is 4.88. The lowest BCUT2D eigenvalue weighted by molar-refractivity contribution is 0.0515. The Morgan fingerprint density at radius 3 is 2.67 bits per heavy atom. The van der Waals surface area contributed by atoms with Crippen molar-refractivity contribution in [2.24, 2.45) is 5.92 Å². The Morgan fingerprint density at radius 2 is 2.00 bits per heavy atom. The van der Waals surface area contributed by atoms with E-state index < -0.39 is 0 Å². The SMILES string of the molecule is Fc1ccc(C2(CNC3CCCC3C3COCCN3)CCC2)cc1. The van der Waals surface area contributed by atoms with Gasteiger partial charge in [-0.3, -0.25) is 0 Å². The predicted octanol–water partition coefficient (Wildman–Crippen LogP) is 2.99. The molecule has 1 aromatic carbocycles. The largest absolute Gasteiger partial charge is 0.379 e. The fourth-order valence-electron chi connectivity index (χ4n) is 4.89. The number of hydrogen-bond donors (Lipinski definition) is 2. The van der Waals surface area contributed by atoms with E-state index in [0.29, 0.717) is 18.0 Å². The van der Waals surface area contributed by atoms with Crippen LogP contribution in [-0.2, 0) is 10.2 Å². The molecule has 4 heteroatoms. The second-order valence-corrected chi connectivity index (χ2v) is 7.86. The van der Waals surface area contributed by atoms with Gasteiger partial charge in [0.15, 0.2) is 0 Å². The molecule has 132 valence electrons. The summed E-state index contributed by atoms with van der Waals surface area (Å²) in [5, 5.41) is 7.54. The van der Waals surface area contributed by atoms with Gasteiger partial charge in [0.1, 0.15) is 5.82 Å². The third-order valence-electron chi connectivity index (χ3n) is 6.51. The van der Waals surface area contributed by atoms with E-state index in [0.717, 1.165) is 26.3 Å². The minimum atomic E-state index is -0.139. The molecule has 2 saturated carbocycles. The van der Waals surface area contributed by atoms with Crippen molar-refractivity contribution in [2.45, 2.75) is 56.0 Å². The molecule has 3 fully saturated rings. The van der Waals surface area contributed by atoms with Gasteiger partial charge < -0.3 is 15.4 Å². The first-order chi connectivity index (χ1) is 11.8. The van der Waals surface area contributed by atoms with Gasteiger partial charge in [-0.05, 0) is 49.3 Å². The Hall–Kier alpha value is -0.970. The fraction of sp³-hybridized carbons (Fsp3) is 0.700. The lowest BCUT2D eigenvalue weighted by Gasteiger charge is -2.44. The number of rotatable bonds is 5.